The average molecular weight is 319 g/mol. The minimum Gasteiger partial charge on any atom is -0.391 e. The van der Waals surface area contributed by atoms with Crippen LogP contribution in [0.25, 0.3) is 0 Å². The highest BCUT2D eigenvalue weighted by Gasteiger charge is 2.17. The van der Waals surface area contributed by atoms with E-state index in [1.54, 1.807) is 0 Å². The third-order valence-corrected chi connectivity index (χ3v) is 3.08. The number of aromatic nitrogens is 2. The van der Waals surface area contributed by atoms with Crippen LogP contribution in [0.3, 0.4) is 0 Å². The predicted octanol–water partition coefficient (Wildman–Crippen LogP) is 0.0727. The Morgan fingerprint density at radius 3 is 2.65 bits per heavy atom. The molecule has 1 aromatic carbocycles. The van der Waals surface area contributed by atoms with Crippen molar-refractivity contribution in [2.75, 3.05) is 0 Å². The summed E-state index contributed by atoms with van der Waals surface area (Å²) in [4.78, 5) is 40.7. The van der Waals surface area contributed by atoms with E-state index in [1.165, 1.54) is 24.3 Å². The van der Waals surface area contributed by atoms with Crippen LogP contribution in [0.5, 0.6) is 0 Å². The van der Waals surface area contributed by atoms with Crippen LogP contribution in [0.15, 0.2) is 29.1 Å². The molecule has 0 fully saturated rings. The third kappa shape index (κ3) is 4.07. The van der Waals surface area contributed by atoms with Crippen molar-refractivity contribution in [1.82, 2.24) is 15.3 Å². The van der Waals surface area contributed by atoms with E-state index >= 15 is 0 Å². The van der Waals surface area contributed by atoms with Gasteiger partial charge in [-0.25, -0.2) is 9.37 Å². The average Bonchev–Trinajstić information content (AvgIpc) is 2.54. The number of aliphatic hydroxyl groups is 1. The smallest absolute Gasteiger partial charge is 0.270 e. The van der Waals surface area contributed by atoms with Crippen molar-refractivity contribution in [3.63, 3.8) is 0 Å². The maximum absolute atomic E-state index is 12.8. The summed E-state index contributed by atoms with van der Waals surface area (Å²) in [6, 6.07) is 5.53. The molecule has 2 aromatic rings. The topological polar surface area (TPSA) is 112 Å². The van der Waals surface area contributed by atoms with Gasteiger partial charge in [-0.1, -0.05) is 12.1 Å². The Morgan fingerprint density at radius 2 is 2.04 bits per heavy atom. The van der Waals surface area contributed by atoms with E-state index in [2.05, 4.69) is 15.3 Å². The van der Waals surface area contributed by atoms with Gasteiger partial charge >= 0.3 is 0 Å². The fraction of sp³-hybridized carbons (Fsp3) is 0.200. The number of halogens is 1. The Hall–Kier alpha value is -2.87. The van der Waals surface area contributed by atoms with Crippen LogP contribution in [-0.4, -0.2) is 27.3 Å². The molecule has 3 N–H and O–H groups in total. The van der Waals surface area contributed by atoms with Crippen molar-refractivity contribution in [3.8, 4) is 0 Å². The summed E-state index contributed by atoms with van der Waals surface area (Å²) in [5.41, 5.74) is -0.444. The molecule has 0 aliphatic carbocycles. The molecule has 120 valence electrons. The number of H-pyrrole nitrogens is 1. The van der Waals surface area contributed by atoms with Crippen LogP contribution in [0.4, 0.5) is 4.39 Å². The summed E-state index contributed by atoms with van der Waals surface area (Å²) in [6.07, 6.45) is 0.385. The Balaban J connectivity index is 2.21. The quantitative estimate of drug-likeness (QED) is 0.652. The summed E-state index contributed by atoms with van der Waals surface area (Å²) >= 11 is 0. The number of nitrogens with zero attached hydrogens (tertiary/aromatic N) is 1. The standard InChI is InChI=1S/C15H14FN3O4/c16-10-3-1-9(2-4-10)7-17-15(23)13-11(8-21)14(22)19-12(18-13)5-6-20/h1-4,6,21H,5,7-8H2,(H,17,23)(H,18,19,22). The molecule has 0 unspecified atom stereocenters. The molecular weight excluding hydrogens is 305 g/mol. The molecule has 23 heavy (non-hydrogen) atoms. The maximum Gasteiger partial charge on any atom is 0.270 e. The molecule has 2 rings (SSSR count). The maximum atomic E-state index is 12.8. The Bertz CT molecular complexity index is 771. The first-order chi connectivity index (χ1) is 11.0. The van der Waals surface area contributed by atoms with Gasteiger partial charge in [0.2, 0.25) is 0 Å². The number of hydrogen-bond acceptors (Lipinski definition) is 5. The zero-order valence-electron chi connectivity index (χ0n) is 12.0. The van der Waals surface area contributed by atoms with Crippen molar-refractivity contribution in [2.24, 2.45) is 0 Å². The highest BCUT2D eigenvalue weighted by Crippen LogP contribution is 2.05. The van der Waals surface area contributed by atoms with Crippen LogP contribution in [0.1, 0.15) is 27.4 Å². The molecule has 0 radical (unpaired) electrons. The van der Waals surface area contributed by atoms with Crippen molar-refractivity contribution >= 4 is 12.2 Å². The first-order valence-electron chi connectivity index (χ1n) is 6.74. The van der Waals surface area contributed by atoms with Gasteiger partial charge in [-0.3, -0.25) is 9.59 Å². The molecule has 0 aliphatic heterocycles. The summed E-state index contributed by atoms with van der Waals surface area (Å²) < 4.78 is 12.8. The van der Waals surface area contributed by atoms with E-state index in [4.69, 9.17) is 0 Å². The number of aromatic amines is 1. The molecule has 0 saturated carbocycles. The second kappa shape index (κ2) is 7.41. The lowest BCUT2D eigenvalue weighted by Crippen LogP contribution is -2.30. The van der Waals surface area contributed by atoms with E-state index in [0.29, 0.717) is 11.8 Å². The summed E-state index contributed by atoms with van der Waals surface area (Å²) in [5.74, 6) is -1.02. The number of nitrogens with one attached hydrogen (secondary N) is 2. The Kier molecular flexibility index (Phi) is 5.32. The van der Waals surface area contributed by atoms with Crippen molar-refractivity contribution in [1.29, 1.82) is 0 Å². The normalized spacial score (nSPS) is 10.3. The van der Waals surface area contributed by atoms with Gasteiger partial charge in [0.25, 0.3) is 11.5 Å². The van der Waals surface area contributed by atoms with E-state index < -0.39 is 23.9 Å². The van der Waals surface area contributed by atoms with Gasteiger partial charge in [0.15, 0.2) is 0 Å². The number of aldehydes is 1. The van der Waals surface area contributed by atoms with Gasteiger partial charge in [0.1, 0.15) is 23.6 Å². The predicted molar refractivity (Wildman–Crippen MR) is 78.1 cm³/mol. The minimum atomic E-state index is -0.675. The first kappa shape index (κ1) is 16.5. The summed E-state index contributed by atoms with van der Waals surface area (Å²) in [5, 5.41) is 11.8. The number of rotatable bonds is 6. The molecule has 1 aromatic heterocycles. The van der Waals surface area contributed by atoms with Crippen LogP contribution in [0, 0.1) is 5.82 Å². The molecule has 1 heterocycles. The molecule has 7 nitrogen and oxygen atoms in total. The van der Waals surface area contributed by atoms with Gasteiger partial charge in [-0.2, -0.15) is 0 Å². The molecular formula is C15H14FN3O4. The molecule has 8 heteroatoms. The fourth-order valence-electron chi connectivity index (χ4n) is 1.92. The van der Waals surface area contributed by atoms with Crippen LogP contribution < -0.4 is 10.9 Å². The molecule has 1 amide bonds. The Labute approximate surface area is 130 Å². The van der Waals surface area contributed by atoms with Crippen molar-refractivity contribution in [2.45, 2.75) is 19.6 Å². The lowest BCUT2D eigenvalue weighted by atomic mass is 10.2. The molecule has 0 saturated heterocycles. The Morgan fingerprint density at radius 1 is 1.35 bits per heavy atom. The second-order valence-electron chi connectivity index (χ2n) is 4.68. The van der Waals surface area contributed by atoms with E-state index in [1.807, 2.05) is 0 Å². The van der Waals surface area contributed by atoms with E-state index in [0.717, 1.165) is 0 Å². The SMILES string of the molecule is O=CCc1nc(C(=O)NCc2ccc(F)cc2)c(CO)c(=O)[nH]1. The minimum absolute atomic E-state index is 0.0362. The highest BCUT2D eigenvalue weighted by atomic mass is 19.1. The van der Waals surface area contributed by atoms with Gasteiger partial charge in [-0.05, 0) is 17.7 Å². The third-order valence-electron chi connectivity index (χ3n) is 3.08. The number of carbonyl (C=O) groups is 2. The zero-order chi connectivity index (χ0) is 16.8. The van der Waals surface area contributed by atoms with Crippen LogP contribution >= 0.6 is 0 Å². The lowest BCUT2D eigenvalue weighted by molar-refractivity contribution is -0.107. The number of benzene rings is 1. The van der Waals surface area contributed by atoms with E-state index in [-0.39, 0.29) is 30.0 Å². The van der Waals surface area contributed by atoms with Gasteiger partial charge in [0.05, 0.1) is 18.6 Å². The number of hydrogen-bond donors (Lipinski definition) is 3. The summed E-state index contributed by atoms with van der Waals surface area (Å²) in [6.45, 7) is -0.565. The molecule has 0 aliphatic rings. The fourth-order valence-corrected chi connectivity index (χ4v) is 1.92. The number of carbonyl (C=O) groups excluding carboxylic acids is 2. The van der Waals surface area contributed by atoms with Gasteiger partial charge in [0, 0.05) is 6.54 Å². The molecule has 0 spiro atoms. The zero-order valence-corrected chi connectivity index (χ0v) is 12.0. The van der Waals surface area contributed by atoms with E-state index in [9.17, 15) is 23.9 Å². The lowest BCUT2D eigenvalue weighted by Gasteiger charge is -2.09. The molecule has 0 bridgehead atoms. The van der Waals surface area contributed by atoms with Gasteiger partial charge < -0.3 is 20.2 Å². The second-order valence-corrected chi connectivity index (χ2v) is 4.68. The van der Waals surface area contributed by atoms with Crippen molar-refractivity contribution < 1.29 is 19.1 Å². The van der Waals surface area contributed by atoms with Crippen molar-refractivity contribution in [3.05, 3.63) is 63.1 Å². The number of aliphatic hydroxyl groups excluding tert-OH is 1. The van der Waals surface area contributed by atoms with Gasteiger partial charge in [-0.15, -0.1) is 0 Å². The monoisotopic (exact) mass is 319 g/mol. The molecule has 0 atom stereocenters. The first-order valence-corrected chi connectivity index (χ1v) is 6.74. The van der Waals surface area contributed by atoms with Crippen LogP contribution in [-0.2, 0) is 24.4 Å². The number of amides is 1. The highest BCUT2D eigenvalue weighted by molar-refractivity contribution is 5.93. The summed E-state index contributed by atoms with van der Waals surface area (Å²) in [7, 11) is 0. The van der Waals surface area contributed by atoms with Crippen LogP contribution in [0.2, 0.25) is 0 Å². The largest absolute Gasteiger partial charge is 0.391 e.